The Labute approximate surface area is 115 Å². The molecule has 3 nitrogen and oxygen atoms in total. The Hall–Kier alpha value is -0.640. The molecule has 1 aliphatic carbocycles. The molecule has 0 bridgehead atoms. The highest BCUT2D eigenvalue weighted by atomic mass is 32.1. The number of likely N-dealkylation sites (tertiary alicyclic amines) is 1. The van der Waals surface area contributed by atoms with Gasteiger partial charge in [0.1, 0.15) is 0 Å². The largest absolute Gasteiger partial charge is 0.392 e. The minimum Gasteiger partial charge on any atom is -0.392 e. The number of hydrogen-bond donors (Lipinski definition) is 1. The lowest BCUT2D eigenvalue weighted by molar-refractivity contribution is -0.140. The molecule has 0 radical (unpaired) electrons. The number of carbonyl (C=O) groups excluding carboxylic acids is 1. The molecule has 0 aromatic rings. The maximum Gasteiger partial charge on any atom is 0.236 e. The Kier molecular flexibility index (Phi) is 3.95. The van der Waals surface area contributed by atoms with Gasteiger partial charge < -0.3 is 10.6 Å². The summed E-state index contributed by atoms with van der Waals surface area (Å²) in [6.45, 7) is 4.31. The van der Waals surface area contributed by atoms with Gasteiger partial charge in [-0.1, -0.05) is 32.0 Å². The first-order valence-corrected chi connectivity index (χ1v) is 7.56. The van der Waals surface area contributed by atoms with Gasteiger partial charge >= 0.3 is 0 Å². The fourth-order valence-electron chi connectivity index (χ4n) is 3.63. The van der Waals surface area contributed by atoms with Crippen LogP contribution >= 0.6 is 12.2 Å². The Morgan fingerprint density at radius 1 is 1.39 bits per heavy atom. The maximum atomic E-state index is 12.9. The normalized spacial score (nSPS) is 30.7. The molecule has 0 aromatic carbocycles. The molecule has 2 fully saturated rings. The van der Waals surface area contributed by atoms with Crippen LogP contribution in [-0.2, 0) is 4.79 Å². The van der Waals surface area contributed by atoms with Crippen LogP contribution in [0.15, 0.2) is 0 Å². The van der Waals surface area contributed by atoms with Gasteiger partial charge in [-0.25, -0.2) is 0 Å². The van der Waals surface area contributed by atoms with Crippen LogP contribution in [0.1, 0.15) is 58.8 Å². The quantitative estimate of drug-likeness (QED) is 0.800. The van der Waals surface area contributed by atoms with Crippen LogP contribution < -0.4 is 5.73 Å². The second kappa shape index (κ2) is 5.16. The molecule has 2 atom stereocenters. The van der Waals surface area contributed by atoms with Crippen LogP contribution in [0.4, 0.5) is 0 Å². The van der Waals surface area contributed by atoms with Gasteiger partial charge in [0, 0.05) is 12.1 Å². The summed E-state index contributed by atoms with van der Waals surface area (Å²) in [6, 6.07) is 0.730. The summed E-state index contributed by atoms with van der Waals surface area (Å²) in [5, 5.41) is 0. The van der Waals surface area contributed by atoms with Gasteiger partial charge in [0.15, 0.2) is 0 Å². The molecule has 4 heteroatoms. The fraction of sp³-hybridized carbons (Fsp3) is 0.857. The topological polar surface area (TPSA) is 46.3 Å². The number of nitrogens with zero attached hydrogens (tertiary/aromatic N) is 1. The van der Waals surface area contributed by atoms with E-state index in [0.717, 1.165) is 44.9 Å². The predicted octanol–water partition coefficient (Wildman–Crippen LogP) is 2.62. The third-order valence-corrected chi connectivity index (χ3v) is 5.22. The Morgan fingerprint density at radius 3 is 2.50 bits per heavy atom. The molecule has 1 amide bonds. The van der Waals surface area contributed by atoms with Crippen molar-refractivity contribution in [1.82, 2.24) is 4.90 Å². The molecule has 102 valence electrons. The molecular formula is C14H24N2OS. The lowest BCUT2D eigenvalue weighted by Crippen LogP contribution is -2.52. The SMILES string of the molecule is CCC1CCC(C)N1C(=O)C1(C(N)=S)CCCC1. The first kappa shape index (κ1) is 13.8. The van der Waals surface area contributed by atoms with Crippen molar-refractivity contribution in [3.05, 3.63) is 0 Å². The van der Waals surface area contributed by atoms with E-state index in [-0.39, 0.29) is 5.91 Å². The molecule has 2 unspecified atom stereocenters. The molecular weight excluding hydrogens is 244 g/mol. The van der Waals surface area contributed by atoms with E-state index in [0.29, 0.717) is 17.1 Å². The third-order valence-electron chi connectivity index (χ3n) is 4.83. The summed E-state index contributed by atoms with van der Waals surface area (Å²) >= 11 is 5.22. The van der Waals surface area contributed by atoms with Gasteiger partial charge in [-0.2, -0.15) is 0 Å². The number of amides is 1. The van der Waals surface area contributed by atoms with E-state index in [1.807, 2.05) is 0 Å². The van der Waals surface area contributed by atoms with E-state index in [2.05, 4.69) is 18.7 Å². The second-order valence-electron chi connectivity index (χ2n) is 5.85. The fourth-order valence-corrected chi connectivity index (χ4v) is 3.92. The summed E-state index contributed by atoms with van der Waals surface area (Å²) in [4.78, 5) is 15.5. The summed E-state index contributed by atoms with van der Waals surface area (Å²) in [5.41, 5.74) is 5.39. The average Bonchev–Trinajstić information content (AvgIpc) is 2.95. The van der Waals surface area contributed by atoms with E-state index in [1.54, 1.807) is 0 Å². The van der Waals surface area contributed by atoms with Crippen LogP contribution in [0, 0.1) is 5.41 Å². The standard InChI is InChI=1S/C14H24N2OS/c1-3-11-7-6-10(2)16(11)13(17)14(12(15)18)8-4-5-9-14/h10-11H,3-9H2,1-2H3,(H2,15,18). The number of rotatable bonds is 3. The van der Waals surface area contributed by atoms with E-state index in [9.17, 15) is 4.79 Å². The van der Waals surface area contributed by atoms with Crippen molar-refractivity contribution >= 4 is 23.1 Å². The van der Waals surface area contributed by atoms with Crippen LogP contribution in [0.3, 0.4) is 0 Å². The molecule has 2 aliphatic rings. The average molecular weight is 268 g/mol. The first-order chi connectivity index (χ1) is 8.53. The number of thiocarbonyl (C=S) groups is 1. The summed E-state index contributed by atoms with van der Waals surface area (Å²) in [7, 11) is 0. The van der Waals surface area contributed by atoms with Gasteiger partial charge in [-0.15, -0.1) is 0 Å². The molecule has 1 heterocycles. The third kappa shape index (κ3) is 2.04. The highest BCUT2D eigenvalue weighted by Gasteiger charge is 2.49. The molecule has 2 N–H and O–H groups in total. The number of nitrogens with two attached hydrogens (primary N) is 1. The second-order valence-corrected chi connectivity index (χ2v) is 6.29. The Bertz CT molecular complexity index is 350. The van der Waals surface area contributed by atoms with Crippen molar-refractivity contribution in [2.45, 2.75) is 70.9 Å². The molecule has 1 aliphatic heterocycles. The highest BCUT2D eigenvalue weighted by Crippen LogP contribution is 2.42. The van der Waals surface area contributed by atoms with E-state index < -0.39 is 5.41 Å². The predicted molar refractivity (Wildman–Crippen MR) is 77.3 cm³/mol. The lowest BCUT2D eigenvalue weighted by atomic mass is 9.84. The number of carbonyl (C=O) groups is 1. The van der Waals surface area contributed by atoms with Crippen molar-refractivity contribution in [2.75, 3.05) is 0 Å². The van der Waals surface area contributed by atoms with E-state index in [1.165, 1.54) is 0 Å². The van der Waals surface area contributed by atoms with E-state index >= 15 is 0 Å². The zero-order valence-corrected chi connectivity index (χ0v) is 12.3. The maximum absolute atomic E-state index is 12.9. The molecule has 18 heavy (non-hydrogen) atoms. The minimum atomic E-state index is -0.526. The van der Waals surface area contributed by atoms with Crippen LogP contribution in [0.5, 0.6) is 0 Å². The first-order valence-electron chi connectivity index (χ1n) is 7.15. The van der Waals surface area contributed by atoms with Gasteiger partial charge in [-0.3, -0.25) is 4.79 Å². The molecule has 1 saturated heterocycles. The Morgan fingerprint density at radius 2 is 2.00 bits per heavy atom. The minimum absolute atomic E-state index is 0.212. The molecule has 0 aromatic heterocycles. The van der Waals surface area contributed by atoms with Crippen LogP contribution in [-0.4, -0.2) is 27.9 Å². The van der Waals surface area contributed by atoms with Gasteiger partial charge in [0.2, 0.25) is 5.91 Å². The molecule has 0 spiro atoms. The molecule has 2 rings (SSSR count). The van der Waals surface area contributed by atoms with Gasteiger partial charge in [0.05, 0.1) is 10.4 Å². The van der Waals surface area contributed by atoms with Crippen molar-refractivity contribution in [1.29, 1.82) is 0 Å². The lowest BCUT2D eigenvalue weighted by Gasteiger charge is -2.37. The number of hydrogen-bond acceptors (Lipinski definition) is 2. The van der Waals surface area contributed by atoms with Crippen molar-refractivity contribution < 1.29 is 4.79 Å². The Balaban J connectivity index is 2.26. The van der Waals surface area contributed by atoms with Crippen LogP contribution in [0.25, 0.3) is 0 Å². The summed E-state index contributed by atoms with van der Waals surface area (Å²) < 4.78 is 0. The smallest absolute Gasteiger partial charge is 0.236 e. The van der Waals surface area contributed by atoms with E-state index in [4.69, 9.17) is 18.0 Å². The van der Waals surface area contributed by atoms with Crippen molar-refractivity contribution in [3.8, 4) is 0 Å². The highest BCUT2D eigenvalue weighted by molar-refractivity contribution is 7.80. The van der Waals surface area contributed by atoms with Crippen molar-refractivity contribution in [3.63, 3.8) is 0 Å². The van der Waals surface area contributed by atoms with Crippen LogP contribution in [0.2, 0.25) is 0 Å². The molecule has 1 saturated carbocycles. The van der Waals surface area contributed by atoms with Gasteiger partial charge in [-0.05, 0) is 39.0 Å². The zero-order valence-electron chi connectivity index (χ0n) is 11.4. The zero-order chi connectivity index (χ0) is 13.3. The van der Waals surface area contributed by atoms with Crippen molar-refractivity contribution in [2.24, 2.45) is 11.1 Å². The monoisotopic (exact) mass is 268 g/mol. The summed E-state index contributed by atoms with van der Waals surface area (Å²) in [5.74, 6) is 0.212. The van der Waals surface area contributed by atoms with Gasteiger partial charge in [0.25, 0.3) is 0 Å². The summed E-state index contributed by atoms with van der Waals surface area (Å²) in [6.07, 6.45) is 7.10.